The van der Waals surface area contributed by atoms with Crippen molar-refractivity contribution < 1.29 is 4.79 Å². The maximum absolute atomic E-state index is 11.9. The lowest BCUT2D eigenvalue weighted by Gasteiger charge is -2.32. The van der Waals surface area contributed by atoms with Crippen LogP contribution >= 0.6 is 0 Å². The fraction of sp³-hybridized carbons (Fsp3) is 0.353. The molecule has 1 aromatic rings. The minimum Gasteiger partial charge on any atom is -0.347 e. The molecule has 1 heterocycles. The fourth-order valence-corrected chi connectivity index (χ4v) is 2.65. The van der Waals surface area contributed by atoms with Crippen LogP contribution in [0.3, 0.4) is 0 Å². The van der Waals surface area contributed by atoms with E-state index >= 15 is 0 Å². The van der Waals surface area contributed by atoms with Gasteiger partial charge in [0.25, 0.3) is 0 Å². The number of hydrogen-bond donors (Lipinski definition) is 0. The van der Waals surface area contributed by atoms with E-state index in [-0.39, 0.29) is 11.7 Å². The van der Waals surface area contributed by atoms with E-state index < -0.39 is 0 Å². The molecular formula is C17H21NO. The van der Waals surface area contributed by atoms with Crippen molar-refractivity contribution in [3.05, 3.63) is 58.9 Å². The van der Waals surface area contributed by atoms with Gasteiger partial charge in [-0.25, -0.2) is 0 Å². The summed E-state index contributed by atoms with van der Waals surface area (Å²) in [5.41, 5.74) is 4.51. The highest BCUT2D eigenvalue weighted by Crippen LogP contribution is 2.31. The number of carbonyl (C=O) groups excluding carboxylic acids is 1. The third kappa shape index (κ3) is 2.78. The first-order valence-electron chi connectivity index (χ1n) is 6.71. The largest absolute Gasteiger partial charge is 0.347 e. The van der Waals surface area contributed by atoms with Crippen molar-refractivity contribution in [1.29, 1.82) is 0 Å². The molecule has 1 aliphatic rings. The molecule has 0 fully saturated rings. The lowest BCUT2D eigenvalue weighted by Crippen LogP contribution is -2.26. The third-order valence-electron chi connectivity index (χ3n) is 3.87. The van der Waals surface area contributed by atoms with Crippen molar-refractivity contribution >= 4 is 5.78 Å². The summed E-state index contributed by atoms with van der Waals surface area (Å²) in [6.07, 6.45) is 2.17. The van der Waals surface area contributed by atoms with Crippen LogP contribution in [-0.4, -0.2) is 10.7 Å². The quantitative estimate of drug-likeness (QED) is 0.816. The highest BCUT2D eigenvalue weighted by atomic mass is 16.1. The van der Waals surface area contributed by atoms with Crippen LogP contribution in [-0.2, 0) is 11.3 Å². The summed E-state index contributed by atoms with van der Waals surface area (Å²) in [4.78, 5) is 14.0. The average molecular weight is 255 g/mol. The second-order valence-corrected chi connectivity index (χ2v) is 5.26. The van der Waals surface area contributed by atoms with Gasteiger partial charge in [-0.3, -0.25) is 4.79 Å². The Balaban J connectivity index is 2.32. The molecule has 100 valence electrons. The molecule has 19 heavy (non-hydrogen) atoms. The molecule has 0 saturated heterocycles. The van der Waals surface area contributed by atoms with E-state index in [1.54, 1.807) is 6.92 Å². The lowest BCUT2D eigenvalue weighted by molar-refractivity contribution is -0.114. The Morgan fingerprint density at radius 1 is 1.21 bits per heavy atom. The van der Waals surface area contributed by atoms with E-state index in [0.29, 0.717) is 0 Å². The van der Waals surface area contributed by atoms with Crippen LogP contribution in [0.2, 0.25) is 0 Å². The number of nitrogens with zero attached hydrogens (tertiary/aromatic N) is 1. The van der Waals surface area contributed by atoms with Gasteiger partial charge in [0.15, 0.2) is 5.78 Å². The van der Waals surface area contributed by atoms with Crippen LogP contribution in [0.15, 0.2) is 53.4 Å². The zero-order valence-corrected chi connectivity index (χ0v) is 12.1. The van der Waals surface area contributed by atoms with Crippen molar-refractivity contribution in [3.8, 4) is 0 Å². The van der Waals surface area contributed by atoms with Gasteiger partial charge in [0.1, 0.15) is 0 Å². The summed E-state index contributed by atoms with van der Waals surface area (Å²) in [6.45, 7) is 8.71. The standard InChI is InChI=1S/C17H21NO/c1-12-10-18(11-16-8-6-5-7-9-16)14(3)17(13(12)2)15(4)19/h5-10,13H,11H2,1-4H3. The van der Waals surface area contributed by atoms with Gasteiger partial charge in [0, 0.05) is 29.9 Å². The van der Waals surface area contributed by atoms with Crippen LogP contribution in [0.5, 0.6) is 0 Å². The van der Waals surface area contributed by atoms with Gasteiger partial charge in [0.2, 0.25) is 0 Å². The summed E-state index contributed by atoms with van der Waals surface area (Å²) >= 11 is 0. The summed E-state index contributed by atoms with van der Waals surface area (Å²) in [7, 11) is 0. The summed E-state index contributed by atoms with van der Waals surface area (Å²) in [5.74, 6) is 0.403. The van der Waals surface area contributed by atoms with Crippen molar-refractivity contribution in [2.75, 3.05) is 0 Å². The number of ketones is 1. The summed E-state index contributed by atoms with van der Waals surface area (Å²) in [6, 6.07) is 10.3. The topological polar surface area (TPSA) is 20.3 Å². The van der Waals surface area contributed by atoms with Gasteiger partial charge < -0.3 is 4.90 Å². The molecule has 0 aliphatic carbocycles. The first-order chi connectivity index (χ1) is 9.00. The zero-order chi connectivity index (χ0) is 14.0. The lowest BCUT2D eigenvalue weighted by atomic mass is 9.87. The molecule has 2 heteroatoms. The van der Waals surface area contributed by atoms with Crippen LogP contribution in [0.25, 0.3) is 0 Å². The van der Waals surface area contributed by atoms with E-state index in [1.165, 1.54) is 11.1 Å². The number of rotatable bonds is 3. The molecule has 2 nitrogen and oxygen atoms in total. The molecule has 1 aromatic carbocycles. The molecule has 0 spiro atoms. The molecule has 0 amide bonds. The van der Waals surface area contributed by atoms with Crippen LogP contribution in [0, 0.1) is 5.92 Å². The SMILES string of the molecule is CC(=O)C1=C(C)N(Cc2ccccc2)C=C(C)C1C. The van der Waals surface area contributed by atoms with Gasteiger partial charge in [-0.2, -0.15) is 0 Å². The van der Waals surface area contributed by atoms with Gasteiger partial charge in [-0.05, 0) is 31.9 Å². The molecule has 1 aliphatic heterocycles. The second kappa shape index (κ2) is 5.43. The number of hydrogen-bond acceptors (Lipinski definition) is 2. The molecule has 0 bridgehead atoms. The Kier molecular flexibility index (Phi) is 3.89. The number of carbonyl (C=O) groups is 1. The minimum absolute atomic E-state index is 0.176. The monoisotopic (exact) mass is 255 g/mol. The number of benzene rings is 1. The molecule has 2 rings (SSSR count). The predicted molar refractivity (Wildman–Crippen MR) is 78.3 cm³/mol. The van der Waals surface area contributed by atoms with E-state index in [1.807, 2.05) is 25.1 Å². The summed E-state index contributed by atoms with van der Waals surface area (Å²) in [5, 5.41) is 0. The normalized spacial score (nSPS) is 19.5. The van der Waals surface area contributed by atoms with Crippen LogP contribution in [0.1, 0.15) is 33.3 Å². The average Bonchev–Trinajstić information content (AvgIpc) is 2.37. The Morgan fingerprint density at radius 3 is 2.42 bits per heavy atom. The Bertz CT molecular complexity index is 540. The van der Waals surface area contributed by atoms with Crippen molar-refractivity contribution in [2.24, 2.45) is 5.92 Å². The molecular weight excluding hydrogens is 234 g/mol. The Hall–Kier alpha value is -1.83. The van der Waals surface area contributed by atoms with Gasteiger partial charge in [-0.1, -0.05) is 37.3 Å². The van der Waals surface area contributed by atoms with E-state index in [2.05, 4.69) is 37.1 Å². The predicted octanol–water partition coefficient (Wildman–Crippen LogP) is 3.91. The first-order valence-corrected chi connectivity index (χ1v) is 6.71. The molecule has 1 unspecified atom stereocenters. The highest BCUT2D eigenvalue weighted by Gasteiger charge is 2.25. The van der Waals surface area contributed by atoms with Crippen molar-refractivity contribution in [1.82, 2.24) is 4.90 Å². The molecule has 1 atom stereocenters. The van der Waals surface area contributed by atoms with Gasteiger partial charge >= 0.3 is 0 Å². The van der Waals surface area contributed by atoms with Gasteiger partial charge in [0.05, 0.1) is 0 Å². The van der Waals surface area contributed by atoms with Crippen molar-refractivity contribution in [2.45, 2.75) is 34.2 Å². The van der Waals surface area contributed by atoms with E-state index in [0.717, 1.165) is 17.8 Å². The molecule has 0 saturated carbocycles. The van der Waals surface area contributed by atoms with Gasteiger partial charge in [-0.15, -0.1) is 0 Å². The van der Waals surface area contributed by atoms with Crippen LogP contribution < -0.4 is 0 Å². The van der Waals surface area contributed by atoms with E-state index in [4.69, 9.17) is 0 Å². The fourth-order valence-electron chi connectivity index (χ4n) is 2.65. The number of allylic oxidation sites excluding steroid dienone is 3. The highest BCUT2D eigenvalue weighted by molar-refractivity contribution is 5.95. The maximum Gasteiger partial charge on any atom is 0.158 e. The minimum atomic E-state index is 0.176. The second-order valence-electron chi connectivity index (χ2n) is 5.26. The smallest absolute Gasteiger partial charge is 0.158 e. The maximum atomic E-state index is 11.9. The Morgan fingerprint density at radius 2 is 1.84 bits per heavy atom. The molecule has 0 aromatic heterocycles. The Labute approximate surface area is 115 Å². The third-order valence-corrected chi connectivity index (χ3v) is 3.87. The zero-order valence-electron chi connectivity index (χ0n) is 12.1. The first kappa shape index (κ1) is 13.6. The summed E-state index contributed by atoms with van der Waals surface area (Å²) < 4.78 is 0. The molecule has 0 radical (unpaired) electrons. The molecule has 0 N–H and O–H groups in total. The van der Waals surface area contributed by atoms with E-state index in [9.17, 15) is 4.79 Å². The van der Waals surface area contributed by atoms with Crippen molar-refractivity contribution in [3.63, 3.8) is 0 Å². The number of Topliss-reactive ketones (excluding diaryl/α,β-unsaturated/α-hetero) is 1. The van der Waals surface area contributed by atoms with Crippen LogP contribution in [0.4, 0.5) is 0 Å².